The number of hydrogen-bond donors (Lipinski definition) is 2. The number of carbonyl (C=O) groups excluding carboxylic acids is 2. The number of nitrogens with one attached hydrogen (secondary N) is 2. The zero-order valence-corrected chi connectivity index (χ0v) is 15.0. The molecule has 0 bridgehead atoms. The molecule has 0 unspecified atom stereocenters. The van der Waals surface area contributed by atoms with Gasteiger partial charge in [0.1, 0.15) is 5.69 Å². The van der Waals surface area contributed by atoms with Crippen LogP contribution in [0.4, 0.5) is 0 Å². The van der Waals surface area contributed by atoms with Crippen molar-refractivity contribution in [2.45, 2.75) is 45.6 Å². The number of hydrogen-bond acceptors (Lipinski definition) is 4. The molecule has 7 nitrogen and oxygen atoms in total. The molecule has 2 rings (SSSR count). The van der Waals surface area contributed by atoms with Gasteiger partial charge in [0, 0.05) is 26.2 Å². The van der Waals surface area contributed by atoms with Crippen LogP contribution in [0, 0.1) is 0 Å². The Hall–Kier alpha value is -1.89. The van der Waals surface area contributed by atoms with Crippen LogP contribution >= 0.6 is 0 Å². The predicted molar refractivity (Wildman–Crippen MR) is 93.3 cm³/mol. The van der Waals surface area contributed by atoms with Crippen molar-refractivity contribution in [3.63, 3.8) is 0 Å². The van der Waals surface area contributed by atoms with Crippen molar-refractivity contribution in [2.24, 2.45) is 0 Å². The highest BCUT2D eigenvalue weighted by atomic mass is 16.2. The Balaban J connectivity index is 2.13. The number of rotatable bonds is 8. The molecule has 0 saturated heterocycles. The summed E-state index contributed by atoms with van der Waals surface area (Å²) in [5.41, 5.74) is 1.30. The number of aromatic nitrogens is 2. The van der Waals surface area contributed by atoms with Gasteiger partial charge in [-0.1, -0.05) is 13.3 Å². The first-order valence-electron chi connectivity index (χ1n) is 8.85. The lowest BCUT2D eigenvalue weighted by molar-refractivity contribution is 0.0937. The maximum Gasteiger partial charge on any atom is 0.287 e. The minimum atomic E-state index is -0.185. The third-order valence-electron chi connectivity index (χ3n) is 4.20. The summed E-state index contributed by atoms with van der Waals surface area (Å²) in [7, 11) is 3.92. The molecule has 1 aromatic rings. The second kappa shape index (κ2) is 8.82. The van der Waals surface area contributed by atoms with Crippen molar-refractivity contribution in [3.05, 3.63) is 17.2 Å². The van der Waals surface area contributed by atoms with Gasteiger partial charge in [0.2, 0.25) is 0 Å². The first kappa shape index (κ1) is 18.4. The number of fused-ring (bicyclic) bond motifs is 1. The molecule has 0 spiro atoms. The van der Waals surface area contributed by atoms with Crippen molar-refractivity contribution in [2.75, 3.05) is 33.7 Å². The largest absolute Gasteiger partial charge is 0.349 e. The molecule has 2 heterocycles. The molecule has 0 aromatic carbocycles. The molecular weight excluding hydrogens is 306 g/mol. The summed E-state index contributed by atoms with van der Waals surface area (Å²) in [4.78, 5) is 31.3. The zero-order valence-electron chi connectivity index (χ0n) is 15.0. The van der Waals surface area contributed by atoms with E-state index in [1.807, 2.05) is 23.6 Å². The molecule has 1 aliphatic rings. The molecule has 1 aliphatic heterocycles. The Bertz CT molecular complexity index is 580. The molecule has 134 valence electrons. The van der Waals surface area contributed by atoms with Crippen molar-refractivity contribution in [3.8, 4) is 0 Å². The first-order chi connectivity index (χ1) is 11.5. The highest BCUT2D eigenvalue weighted by molar-refractivity contribution is 5.97. The number of likely N-dealkylation sites (N-methyl/N-ethyl adjacent to an activating group) is 1. The lowest BCUT2D eigenvalue weighted by Crippen LogP contribution is -2.32. The highest BCUT2D eigenvalue weighted by Crippen LogP contribution is 2.21. The predicted octanol–water partition coefficient (Wildman–Crippen LogP) is 1.04. The van der Waals surface area contributed by atoms with E-state index >= 15 is 0 Å². The topological polar surface area (TPSA) is 79.3 Å². The molecular formula is C17H29N5O2. The summed E-state index contributed by atoms with van der Waals surface area (Å²) < 4.78 is 1.92. The Labute approximate surface area is 143 Å². The van der Waals surface area contributed by atoms with Crippen molar-refractivity contribution >= 4 is 11.8 Å². The highest BCUT2D eigenvalue weighted by Gasteiger charge is 2.27. The van der Waals surface area contributed by atoms with E-state index in [0.29, 0.717) is 24.6 Å². The van der Waals surface area contributed by atoms with Crippen LogP contribution in [0.15, 0.2) is 0 Å². The smallest absolute Gasteiger partial charge is 0.287 e. The van der Waals surface area contributed by atoms with Crippen LogP contribution in [0.3, 0.4) is 0 Å². The van der Waals surface area contributed by atoms with Gasteiger partial charge in [0.25, 0.3) is 11.8 Å². The zero-order chi connectivity index (χ0) is 17.5. The Morgan fingerprint density at radius 2 is 1.92 bits per heavy atom. The summed E-state index contributed by atoms with van der Waals surface area (Å²) >= 11 is 0. The van der Waals surface area contributed by atoms with Crippen molar-refractivity contribution < 1.29 is 9.59 Å². The van der Waals surface area contributed by atoms with Crippen LogP contribution in [0.1, 0.15) is 59.4 Å². The van der Waals surface area contributed by atoms with Gasteiger partial charge in [-0.05, 0) is 39.8 Å². The van der Waals surface area contributed by atoms with Crippen LogP contribution in [0.2, 0.25) is 0 Å². The van der Waals surface area contributed by atoms with Gasteiger partial charge < -0.3 is 20.1 Å². The fourth-order valence-electron chi connectivity index (χ4n) is 2.83. The Morgan fingerprint density at radius 1 is 1.17 bits per heavy atom. The average molecular weight is 335 g/mol. The minimum absolute atomic E-state index is 0.182. The van der Waals surface area contributed by atoms with Crippen LogP contribution < -0.4 is 10.6 Å². The van der Waals surface area contributed by atoms with Crippen LogP contribution in [0.25, 0.3) is 0 Å². The number of carbonyl (C=O) groups is 2. The molecule has 2 amide bonds. The van der Waals surface area contributed by atoms with E-state index in [-0.39, 0.29) is 11.8 Å². The lowest BCUT2D eigenvalue weighted by atomic mass is 10.1. The van der Waals surface area contributed by atoms with Crippen LogP contribution in [-0.2, 0) is 13.0 Å². The van der Waals surface area contributed by atoms with Gasteiger partial charge >= 0.3 is 0 Å². The second-order valence-electron chi connectivity index (χ2n) is 6.51. The monoisotopic (exact) mass is 335 g/mol. The van der Waals surface area contributed by atoms with Crippen LogP contribution in [-0.4, -0.2) is 60.0 Å². The fraction of sp³-hybridized carbons (Fsp3) is 0.706. The maximum atomic E-state index is 12.5. The van der Waals surface area contributed by atoms with E-state index < -0.39 is 0 Å². The van der Waals surface area contributed by atoms with E-state index in [1.54, 1.807) is 0 Å². The van der Waals surface area contributed by atoms with Gasteiger partial charge in [-0.25, -0.2) is 4.98 Å². The fourth-order valence-corrected chi connectivity index (χ4v) is 2.83. The van der Waals surface area contributed by atoms with E-state index in [1.165, 1.54) is 0 Å². The molecule has 0 fully saturated rings. The summed E-state index contributed by atoms with van der Waals surface area (Å²) in [6.45, 7) is 4.81. The normalized spacial score (nSPS) is 13.7. The van der Waals surface area contributed by atoms with E-state index in [2.05, 4.69) is 22.5 Å². The van der Waals surface area contributed by atoms with Crippen molar-refractivity contribution in [1.29, 1.82) is 0 Å². The van der Waals surface area contributed by atoms with Gasteiger partial charge in [0.15, 0.2) is 5.82 Å². The van der Waals surface area contributed by atoms with E-state index in [4.69, 9.17) is 0 Å². The quantitative estimate of drug-likeness (QED) is 0.696. The summed E-state index contributed by atoms with van der Waals surface area (Å²) in [5.74, 6) is 0.00705. The summed E-state index contributed by atoms with van der Waals surface area (Å²) in [6.07, 6.45) is 4.81. The second-order valence-corrected chi connectivity index (χ2v) is 6.51. The molecule has 24 heavy (non-hydrogen) atoms. The lowest BCUT2D eigenvalue weighted by Gasteiger charge is -2.17. The molecule has 0 aliphatic carbocycles. The van der Waals surface area contributed by atoms with Gasteiger partial charge in [-0.2, -0.15) is 0 Å². The summed E-state index contributed by atoms with van der Waals surface area (Å²) in [5, 5.41) is 5.80. The maximum absolute atomic E-state index is 12.5. The van der Waals surface area contributed by atoms with E-state index in [9.17, 15) is 9.59 Å². The standard InChI is InChI=1S/C17H29N5O2/c1-4-5-9-18-17(24)15-20-14(13-8-6-7-11-22(13)15)16(23)19-10-12-21(2)3/h4-12H2,1-3H3,(H,18,24)(H,19,23). The Kier molecular flexibility index (Phi) is 6.78. The number of amides is 2. The summed E-state index contributed by atoms with van der Waals surface area (Å²) in [6, 6.07) is 0. The van der Waals surface area contributed by atoms with Gasteiger partial charge in [0.05, 0.1) is 5.69 Å². The van der Waals surface area contributed by atoms with E-state index in [0.717, 1.165) is 50.9 Å². The Morgan fingerprint density at radius 3 is 2.62 bits per heavy atom. The average Bonchev–Trinajstić information content (AvgIpc) is 2.94. The molecule has 1 aromatic heterocycles. The third kappa shape index (κ3) is 4.56. The third-order valence-corrected chi connectivity index (χ3v) is 4.20. The molecule has 0 radical (unpaired) electrons. The van der Waals surface area contributed by atoms with Crippen LogP contribution in [0.5, 0.6) is 0 Å². The minimum Gasteiger partial charge on any atom is -0.349 e. The molecule has 2 N–H and O–H groups in total. The van der Waals surface area contributed by atoms with Gasteiger partial charge in [-0.15, -0.1) is 0 Å². The number of nitrogens with zero attached hydrogens (tertiary/aromatic N) is 3. The molecule has 0 saturated carbocycles. The molecule has 7 heteroatoms. The van der Waals surface area contributed by atoms with Crippen molar-refractivity contribution in [1.82, 2.24) is 25.1 Å². The number of unbranched alkanes of at least 4 members (excludes halogenated alkanes) is 1. The molecule has 0 atom stereocenters. The van der Waals surface area contributed by atoms with Gasteiger partial charge in [-0.3, -0.25) is 9.59 Å². The SMILES string of the molecule is CCCCNC(=O)c1nc(C(=O)NCCN(C)C)c2n1CCCC2. The first-order valence-corrected chi connectivity index (χ1v) is 8.85. The number of imidazole rings is 1.